The molecule has 2 nitrogen and oxygen atoms in total. The Labute approximate surface area is 134 Å². The molecule has 19 heavy (non-hydrogen) atoms. The van der Waals surface area contributed by atoms with E-state index in [4.69, 9.17) is 0 Å². The Morgan fingerprint density at radius 1 is 1.11 bits per heavy atom. The van der Waals surface area contributed by atoms with Crippen molar-refractivity contribution in [1.82, 2.24) is 0 Å². The highest BCUT2D eigenvalue weighted by Crippen LogP contribution is 2.21. The Kier molecular flexibility index (Phi) is 4.62. The van der Waals surface area contributed by atoms with E-state index in [1.807, 2.05) is 44.2 Å². The minimum absolute atomic E-state index is 0.101. The average Bonchev–Trinajstić information content (AvgIpc) is 2.30. The van der Waals surface area contributed by atoms with Gasteiger partial charge in [0.05, 0.1) is 5.56 Å². The molecule has 0 aliphatic carbocycles. The van der Waals surface area contributed by atoms with Crippen LogP contribution < -0.4 is 5.32 Å². The third kappa shape index (κ3) is 3.79. The number of hydrogen-bond acceptors (Lipinski definition) is 1. The molecule has 4 heteroatoms. The minimum atomic E-state index is -0.101. The number of amides is 1. The van der Waals surface area contributed by atoms with E-state index < -0.39 is 0 Å². The van der Waals surface area contributed by atoms with Crippen LogP contribution in [0.3, 0.4) is 0 Å². The zero-order valence-electron chi connectivity index (χ0n) is 10.6. The molecule has 0 bridgehead atoms. The van der Waals surface area contributed by atoms with Crippen molar-refractivity contribution in [2.24, 2.45) is 0 Å². The van der Waals surface area contributed by atoms with Gasteiger partial charge in [-0.15, -0.1) is 0 Å². The van der Waals surface area contributed by atoms with Crippen molar-refractivity contribution >= 4 is 50.1 Å². The van der Waals surface area contributed by atoms with Gasteiger partial charge in [-0.2, -0.15) is 0 Å². The lowest BCUT2D eigenvalue weighted by Crippen LogP contribution is -2.13. The minimum Gasteiger partial charge on any atom is -0.322 e. The number of nitrogens with one attached hydrogen (secondary N) is 1. The van der Waals surface area contributed by atoms with E-state index in [1.165, 1.54) is 0 Å². The SMILES string of the molecule is Cc1cc(C)cc(NC(=O)c2cc(I)ccc2Br)c1. The lowest BCUT2D eigenvalue weighted by molar-refractivity contribution is 0.102. The first-order valence-corrected chi connectivity index (χ1v) is 7.67. The van der Waals surface area contributed by atoms with E-state index in [-0.39, 0.29) is 5.91 Å². The average molecular weight is 430 g/mol. The summed E-state index contributed by atoms with van der Waals surface area (Å²) in [6.07, 6.45) is 0. The van der Waals surface area contributed by atoms with E-state index >= 15 is 0 Å². The predicted octanol–water partition coefficient (Wildman–Crippen LogP) is 4.92. The van der Waals surface area contributed by atoms with E-state index in [1.54, 1.807) is 0 Å². The standard InChI is InChI=1S/C15H13BrINO/c1-9-5-10(2)7-12(6-9)18-15(19)13-8-11(17)3-4-14(13)16/h3-8H,1-2H3,(H,18,19). The van der Waals surface area contributed by atoms with E-state index in [9.17, 15) is 4.79 Å². The number of carbonyl (C=O) groups excluding carboxylic acids is 1. The number of anilines is 1. The molecule has 0 spiro atoms. The molecule has 2 aromatic carbocycles. The van der Waals surface area contributed by atoms with Crippen LogP contribution in [0.2, 0.25) is 0 Å². The molecule has 1 amide bonds. The van der Waals surface area contributed by atoms with Crippen molar-refractivity contribution in [2.45, 2.75) is 13.8 Å². The van der Waals surface area contributed by atoms with Crippen LogP contribution in [0, 0.1) is 17.4 Å². The highest BCUT2D eigenvalue weighted by Gasteiger charge is 2.11. The first kappa shape index (κ1) is 14.5. The molecule has 98 valence electrons. The molecule has 0 saturated carbocycles. The van der Waals surface area contributed by atoms with E-state index in [0.29, 0.717) is 5.56 Å². The maximum Gasteiger partial charge on any atom is 0.256 e. The van der Waals surface area contributed by atoms with Gasteiger partial charge in [0.2, 0.25) is 0 Å². The molecule has 0 radical (unpaired) electrons. The summed E-state index contributed by atoms with van der Waals surface area (Å²) in [6.45, 7) is 4.04. The van der Waals surface area contributed by atoms with Gasteiger partial charge in [-0.25, -0.2) is 0 Å². The summed E-state index contributed by atoms with van der Waals surface area (Å²) in [5.74, 6) is -0.101. The summed E-state index contributed by atoms with van der Waals surface area (Å²) in [5, 5.41) is 2.94. The van der Waals surface area contributed by atoms with Crippen LogP contribution in [0.4, 0.5) is 5.69 Å². The third-order valence-corrected chi connectivity index (χ3v) is 4.02. The van der Waals surface area contributed by atoms with Crippen molar-refractivity contribution in [3.8, 4) is 0 Å². The van der Waals surface area contributed by atoms with E-state index in [0.717, 1.165) is 24.9 Å². The van der Waals surface area contributed by atoms with Gasteiger partial charge in [0.25, 0.3) is 5.91 Å². The Morgan fingerprint density at radius 2 is 1.74 bits per heavy atom. The van der Waals surface area contributed by atoms with Gasteiger partial charge in [-0.3, -0.25) is 4.79 Å². The highest BCUT2D eigenvalue weighted by molar-refractivity contribution is 14.1. The molecule has 0 unspecified atom stereocenters. The van der Waals surface area contributed by atoms with Crippen LogP contribution >= 0.6 is 38.5 Å². The quantitative estimate of drug-likeness (QED) is 0.674. The topological polar surface area (TPSA) is 29.1 Å². The van der Waals surface area contributed by atoms with Crippen molar-refractivity contribution in [1.29, 1.82) is 0 Å². The molecule has 2 aromatic rings. The van der Waals surface area contributed by atoms with Gasteiger partial charge in [-0.05, 0) is 93.8 Å². The van der Waals surface area contributed by atoms with Crippen LogP contribution in [0.1, 0.15) is 21.5 Å². The third-order valence-electron chi connectivity index (χ3n) is 2.65. The van der Waals surface area contributed by atoms with Crippen molar-refractivity contribution in [3.05, 3.63) is 61.1 Å². The number of halogens is 2. The fraction of sp³-hybridized carbons (Fsp3) is 0.133. The Morgan fingerprint density at radius 3 is 2.37 bits per heavy atom. The van der Waals surface area contributed by atoms with Crippen LogP contribution in [-0.2, 0) is 0 Å². The van der Waals surface area contributed by atoms with Gasteiger partial charge >= 0.3 is 0 Å². The lowest BCUT2D eigenvalue weighted by Gasteiger charge is -2.09. The van der Waals surface area contributed by atoms with Gasteiger partial charge in [0.1, 0.15) is 0 Å². The second-order valence-electron chi connectivity index (χ2n) is 4.45. The molecular weight excluding hydrogens is 417 g/mol. The monoisotopic (exact) mass is 429 g/mol. The smallest absolute Gasteiger partial charge is 0.256 e. The number of rotatable bonds is 2. The normalized spacial score (nSPS) is 10.3. The largest absolute Gasteiger partial charge is 0.322 e. The molecule has 0 aliphatic rings. The molecule has 0 fully saturated rings. The zero-order valence-corrected chi connectivity index (χ0v) is 14.4. The molecule has 0 saturated heterocycles. The van der Waals surface area contributed by atoms with E-state index in [2.05, 4.69) is 49.9 Å². The van der Waals surface area contributed by atoms with Crippen molar-refractivity contribution in [3.63, 3.8) is 0 Å². The van der Waals surface area contributed by atoms with Crippen LogP contribution in [-0.4, -0.2) is 5.91 Å². The van der Waals surface area contributed by atoms with Gasteiger partial charge < -0.3 is 5.32 Å². The maximum absolute atomic E-state index is 12.3. The second kappa shape index (κ2) is 6.05. The fourth-order valence-electron chi connectivity index (χ4n) is 1.92. The Balaban J connectivity index is 2.28. The summed E-state index contributed by atoms with van der Waals surface area (Å²) >= 11 is 5.61. The first-order chi connectivity index (χ1) is 8.95. The van der Waals surface area contributed by atoms with Crippen LogP contribution in [0.25, 0.3) is 0 Å². The molecule has 0 aliphatic heterocycles. The summed E-state index contributed by atoms with van der Waals surface area (Å²) in [6, 6.07) is 11.7. The fourth-order valence-corrected chi connectivity index (χ4v) is 2.83. The van der Waals surface area contributed by atoms with Crippen LogP contribution in [0.15, 0.2) is 40.9 Å². The number of aryl methyl sites for hydroxylation is 2. The van der Waals surface area contributed by atoms with Crippen molar-refractivity contribution < 1.29 is 4.79 Å². The Bertz CT molecular complexity index is 620. The molecular formula is C15H13BrINO. The second-order valence-corrected chi connectivity index (χ2v) is 6.55. The highest BCUT2D eigenvalue weighted by atomic mass is 127. The maximum atomic E-state index is 12.3. The van der Waals surface area contributed by atoms with Gasteiger partial charge in [-0.1, -0.05) is 6.07 Å². The molecule has 0 atom stereocenters. The zero-order chi connectivity index (χ0) is 14.0. The summed E-state index contributed by atoms with van der Waals surface area (Å²) < 4.78 is 1.83. The Hall–Kier alpha value is -0.880. The first-order valence-electron chi connectivity index (χ1n) is 5.80. The molecule has 0 aromatic heterocycles. The van der Waals surface area contributed by atoms with Gasteiger partial charge in [0.15, 0.2) is 0 Å². The number of benzene rings is 2. The number of carbonyl (C=O) groups is 1. The number of hydrogen-bond donors (Lipinski definition) is 1. The molecule has 1 N–H and O–H groups in total. The van der Waals surface area contributed by atoms with Crippen molar-refractivity contribution in [2.75, 3.05) is 5.32 Å². The van der Waals surface area contributed by atoms with Crippen LogP contribution in [0.5, 0.6) is 0 Å². The van der Waals surface area contributed by atoms with Gasteiger partial charge in [0, 0.05) is 13.7 Å². The summed E-state index contributed by atoms with van der Waals surface area (Å²) in [4.78, 5) is 12.3. The summed E-state index contributed by atoms with van der Waals surface area (Å²) in [5.41, 5.74) is 3.74. The molecule has 0 heterocycles. The summed E-state index contributed by atoms with van der Waals surface area (Å²) in [7, 11) is 0. The lowest BCUT2D eigenvalue weighted by atomic mass is 10.1. The predicted molar refractivity (Wildman–Crippen MR) is 90.7 cm³/mol. The molecule has 2 rings (SSSR count).